The highest BCUT2D eigenvalue weighted by molar-refractivity contribution is 7.09. The number of hydrogen-bond donors (Lipinski definition) is 2. The molecule has 86 valence electrons. The van der Waals surface area contributed by atoms with Gasteiger partial charge in [-0.05, 0) is 0 Å². The van der Waals surface area contributed by atoms with Crippen molar-refractivity contribution in [2.45, 2.75) is 19.9 Å². The quantitative estimate of drug-likeness (QED) is 0.793. The van der Waals surface area contributed by atoms with Gasteiger partial charge in [0, 0.05) is 25.0 Å². The minimum atomic E-state index is -0.219. The van der Waals surface area contributed by atoms with E-state index >= 15 is 0 Å². The van der Waals surface area contributed by atoms with Crippen molar-refractivity contribution in [2.24, 2.45) is 7.05 Å². The van der Waals surface area contributed by atoms with Crippen molar-refractivity contribution in [2.75, 3.05) is 5.32 Å². The van der Waals surface area contributed by atoms with Crippen molar-refractivity contribution in [3.63, 3.8) is 0 Å². The lowest BCUT2D eigenvalue weighted by Gasteiger charge is -1.99. The number of aromatic amines is 1. The van der Waals surface area contributed by atoms with Gasteiger partial charge in [-0.1, -0.05) is 6.92 Å². The van der Waals surface area contributed by atoms with Crippen LogP contribution in [0, 0.1) is 0 Å². The van der Waals surface area contributed by atoms with Crippen LogP contribution < -0.4 is 11.0 Å². The summed E-state index contributed by atoms with van der Waals surface area (Å²) in [7, 11) is 1.67. The third-order valence-corrected chi connectivity index (χ3v) is 2.87. The number of aromatic nitrogens is 5. The lowest BCUT2D eigenvalue weighted by atomic mass is 10.5. The highest BCUT2D eigenvalue weighted by Gasteiger charge is 2.05. The number of nitrogens with zero attached hydrogens (tertiary/aromatic N) is 4. The number of hydrogen-bond acceptors (Lipinski definition) is 6. The monoisotopic (exact) mass is 240 g/mol. The molecule has 0 aliphatic carbocycles. The van der Waals surface area contributed by atoms with E-state index in [9.17, 15) is 4.79 Å². The van der Waals surface area contributed by atoms with E-state index in [2.05, 4.69) is 24.9 Å². The summed E-state index contributed by atoms with van der Waals surface area (Å²) in [5, 5.41) is 10.1. The molecule has 2 aromatic rings. The van der Waals surface area contributed by atoms with Gasteiger partial charge in [0.25, 0.3) is 0 Å². The van der Waals surface area contributed by atoms with Gasteiger partial charge >= 0.3 is 5.69 Å². The predicted molar refractivity (Wildman–Crippen MR) is 60.4 cm³/mol. The fraction of sp³-hybridized carbons (Fsp3) is 0.500. The van der Waals surface area contributed by atoms with Gasteiger partial charge in [0.2, 0.25) is 5.13 Å². The summed E-state index contributed by atoms with van der Waals surface area (Å²) in [6, 6.07) is 0. The highest BCUT2D eigenvalue weighted by Crippen LogP contribution is 2.11. The van der Waals surface area contributed by atoms with E-state index in [1.165, 1.54) is 16.1 Å². The number of rotatable bonds is 4. The first-order valence-electron chi connectivity index (χ1n) is 4.87. The minimum Gasteiger partial charge on any atom is -0.353 e. The fourth-order valence-electron chi connectivity index (χ4n) is 1.16. The number of anilines is 1. The van der Waals surface area contributed by atoms with Gasteiger partial charge in [0.05, 0.1) is 6.54 Å². The zero-order chi connectivity index (χ0) is 11.5. The van der Waals surface area contributed by atoms with Crippen LogP contribution in [-0.2, 0) is 20.0 Å². The van der Waals surface area contributed by atoms with Crippen LogP contribution in [-0.4, -0.2) is 24.1 Å². The van der Waals surface area contributed by atoms with E-state index in [0.29, 0.717) is 12.4 Å². The van der Waals surface area contributed by atoms with E-state index in [0.717, 1.165) is 17.4 Å². The van der Waals surface area contributed by atoms with E-state index in [1.54, 1.807) is 7.05 Å². The lowest BCUT2D eigenvalue weighted by molar-refractivity contribution is 0.789. The van der Waals surface area contributed by atoms with Gasteiger partial charge in [-0.2, -0.15) is 9.47 Å². The molecule has 2 aromatic heterocycles. The van der Waals surface area contributed by atoms with Crippen LogP contribution in [0.25, 0.3) is 0 Å². The second-order valence-electron chi connectivity index (χ2n) is 3.23. The van der Waals surface area contributed by atoms with Crippen molar-refractivity contribution in [1.29, 1.82) is 0 Å². The van der Waals surface area contributed by atoms with E-state index < -0.39 is 0 Å². The Labute approximate surface area is 95.7 Å². The molecular formula is C8H12N6OS. The topological polar surface area (TPSA) is 88.5 Å². The van der Waals surface area contributed by atoms with E-state index in [1.807, 2.05) is 6.92 Å². The fourth-order valence-corrected chi connectivity index (χ4v) is 1.81. The zero-order valence-corrected chi connectivity index (χ0v) is 9.84. The summed E-state index contributed by atoms with van der Waals surface area (Å²) in [4.78, 5) is 15.3. The molecule has 16 heavy (non-hydrogen) atoms. The Morgan fingerprint density at radius 3 is 2.94 bits per heavy atom. The van der Waals surface area contributed by atoms with Gasteiger partial charge in [-0.15, -0.1) is 0 Å². The molecule has 2 heterocycles. The third kappa shape index (κ3) is 2.11. The maximum absolute atomic E-state index is 11.1. The van der Waals surface area contributed by atoms with Crippen molar-refractivity contribution >= 4 is 16.7 Å². The van der Waals surface area contributed by atoms with Crippen molar-refractivity contribution in [1.82, 2.24) is 24.1 Å². The first-order valence-corrected chi connectivity index (χ1v) is 5.64. The van der Waals surface area contributed by atoms with Crippen LogP contribution in [0.2, 0.25) is 0 Å². The number of H-pyrrole nitrogens is 1. The summed E-state index contributed by atoms with van der Waals surface area (Å²) in [6.07, 6.45) is 0.819. The highest BCUT2D eigenvalue weighted by atomic mass is 32.1. The molecule has 2 N–H and O–H groups in total. The molecule has 0 amide bonds. The molecule has 0 spiro atoms. The summed E-state index contributed by atoms with van der Waals surface area (Å²) in [6.45, 7) is 2.46. The SMILES string of the molecule is CCc1nsc(NCc2n[nH]c(=O)n2C)n1. The standard InChI is InChI=1S/C8H12N6OS/c1-3-5-10-7(16-13-5)9-4-6-11-12-8(15)14(6)2/h3-4H2,1-2H3,(H,12,15)(H,9,10,13). The Morgan fingerprint density at radius 2 is 2.38 bits per heavy atom. The average Bonchev–Trinajstić information content (AvgIpc) is 2.86. The van der Waals surface area contributed by atoms with Gasteiger partial charge < -0.3 is 5.32 Å². The molecule has 8 heteroatoms. The Kier molecular flexibility index (Phi) is 3.00. The summed E-state index contributed by atoms with van der Waals surface area (Å²) in [5.74, 6) is 1.46. The van der Waals surface area contributed by atoms with Gasteiger partial charge in [0.1, 0.15) is 5.82 Å². The Bertz CT molecular complexity index is 527. The van der Waals surface area contributed by atoms with Crippen molar-refractivity contribution < 1.29 is 0 Å². The summed E-state index contributed by atoms with van der Waals surface area (Å²) < 4.78 is 5.60. The van der Waals surface area contributed by atoms with E-state index in [4.69, 9.17) is 0 Å². The Balaban J connectivity index is 2.02. The smallest absolute Gasteiger partial charge is 0.343 e. The molecule has 0 saturated carbocycles. The summed E-state index contributed by atoms with van der Waals surface area (Å²) >= 11 is 1.31. The molecule has 0 aromatic carbocycles. The van der Waals surface area contributed by atoms with Crippen LogP contribution in [0.4, 0.5) is 5.13 Å². The van der Waals surface area contributed by atoms with Crippen LogP contribution in [0.3, 0.4) is 0 Å². The summed E-state index contributed by atoms with van der Waals surface area (Å²) in [5.41, 5.74) is -0.219. The second-order valence-corrected chi connectivity index (χ2v) is 3.98. The van der Waals surface area contributed by atoms with Gasteiger partial charge in [-0.25, -0.2) is 14.9 Å². The molecule has 0 radical (unpaired) electrons. The minimum absolute atomic E-state index is 0.219. The van der Waals surface area contributed by atoms with Crippen LogP contribution in [0.1, 0.15) is 18.6 Å². The maximum Gasteiger partial charge on any atom is 0.343 e. The molecule has 0 saturated heterocycles. The molecule has 0 aliphatic rings. The number of nitrogens with one attached hydrogen (secondary N) is 2. The zero-order valence-electron chi connectivity index (χ0n) is 9.02. The second kappa shape index (κ2) is 4.44. The van der Waals surface area contributed by atoms with Crippen LogP contribution >= 0.6 is 11.5 Å². The normalized spacial score (nSPS) is 10.6. The van der Waals surface area contributed by atoms with Gasteiger partial charge in [-0.3, -0.25) is 4.57 Å². The van der Waals surface area contributed by atoms with E-state index in [-0.39, 0.29) is 5.69 Å². The van der Waals surface area contributed by atoms with Crippen LogP contribution in [0.5, 0.6) is 0 Å². The van der Waals surface area contributed by atoms with Gasteiger partial charge in [0.15, 0.2) is 5.82 Å². The van der Waals surface area contributed by atoms with Crippen molar-refractivity contribution in [3.8, 4) is 0 Å². The molecular weight excluding hydrogens is 228 g/mol. The molecule has 7 nitrogen and oxygen atoms in total. The van der Waals surface area contributed by atoms with Crippen molar-refractivity contribution in [3.05, 3.63) is 22.1 Å². The maximum atomic E-state index is 11.1. The van der Waals surface area contributed by atoms with Crippen LogP contribution in [0.15, 0.2) is 4.79 Å². The first kappa shape index (κ1) is 10.8. The molecule has 2 rings (SSSR count). The number of aryl methyl sites for hydroxylation is 1. The Morgan fingerprint density at radius 1 is 1.56 bits per heavy atom. The molecule has 0 bridgehead atoms. The third-order valence-electron chi connectivity index (χ3n) is 2.15. The molecule has 0 fully saturated rings. The lowest BCUT2D eigenvalue weighted by Crippen LogP contribution is -2.16. The average molecular weight is 240 g/mol. The molecule has 0 aliphatic heterocycles. The molecule has 0 atom stereocenters. The molecule has 0 unspecified atom stereocenters. The predicted octanol–water partition coefficient (Wildman–Crippen LogP) is 0.134. The first-order chi connectivity index (χ1) is 7.70. The Hall–Kier alpha value is -1.70. The largest absolute Gasteiger partial charge is 0.353 e.